The van der Waals surface area contributed by atoms with Crippen LogP contribution < -0.4 is 0 Å². The summed E-state index contributed by atoms with van der Waals surface area (Å²) in [5.41, 5.74) is -7.08. The van der Waals surface area contributed by atoms with Crippen molar-refractivity contribution in [3.63, 3.8) is 0 Å². The van der Waals surface area contributed by atoms with Gasteiger partial charge in [0.2, 0.25) is 0 Å². The summed E-state index contributed by atoms with van der Waals surface area (Å²) in [6.45, 7) is 9.82. The molecular formula is C34H40O12. The zero-order valence-corrected chi connectivity index (χ0v) is 26.9. The maximum absolute atomic E-state index is 13.2. The van der Waals surface area contributed by atoms with Crippen molar-refractivity contribution in [3.8, 4) is 17.2 Å². The zero-order valence-electron chi connectivity index (χ0n) is 26.9. The SMILES string of the molecule is CCCC(=O)c1c(O)c(CC2=C(O)C(C)(C)C(=O)C(C(=O)CC)=C2O)c(O)c(CC2=C(O)C(C)(C)C(=O)C(C(=O)CC)=C2O)c1O. The van der Waals surface area contributed by atoms with E-state index in [0.717, 1.165) is 0 Å². The van der Waals surface area contributed by atoms with Crippen LogP contribution in [0.3, 0.4) is 0 Å². The molecule has 0 spiro atoms. The Morgan fingerprint density at radius 2 is 0.913 bits per heavy atom. The fourth-order valence-electron chi connectivity index (χ4n) is 5.67. The van der Waals surface area contributed by atoms with E-state index >= 15 is 0 Å². The van der Waals surface area contributed by atoms with Crippen LogP contribution >= 0.6 is 0 Å². The lowest BCUT2D eigenvalue weighted by Crippen LogP contribution is -2.37. The molecule has 2 aliphatic carbocycles. The first-order chi connectivity index (χ1) is 21.2. The molecule has 12 nitrogen and oxygen atoms in total. The van der Waals surface area contributed by atoms with Crippen LogP contribution in [0.15, 0.2) is 45.3 Å². The maximum Gasteiger partial charge on any atom is 0.183 e. The Labute approximate surface area is 265 Å². The van der Waals surface area contributed by atoms with Gasteiger partial charge in [-0.1, -0.05) is 20.8 Å². The van der Waals surface area contributed by atoms with E-state index in [0.29, 0.717) is 0 Å². The summed E-state index contributed by atoms with van der Waals surface area (Å²) in [6.07, 6.45) is -1.71. The number of Topliss-reactive ketones (excluding diaryl/α,β-unsaturated/α-hetero) is 5. The molecule has 0 saturated carbocycles. The zero-order chi connectivity index (χ0) is 35.2. The van der Waals surface area contributed by atoms with Gasteiger partial charge in [0.05, 0.1) is 10.8 Å². The second-order valence-corrected chi connectivity index (χ2v) is 12.5. The summed E-state index contributed by atoms with van der Waals surface area (Å²) in [5, 5.41) is 78.3. The van der Waals surface area contributed by atoms with Gasteiger partial charge in [0.25, 0.3) is 0 Å². The average molecular weight is 641 g/mol. The fraction of sp³-hybridized carbons (Fsp3) is 0.441. The minimum Gasteiger partial charge on any atom is -0.511 e. The van der Waals surface area contributed by atoms with Crippen molar-refractivity contribution >= 4 is 28.9 Å². The molecule has 0 unspecified atom stereocenters. The number of rotatable bonds is 11. The Morgan fingerprint density at radius 1 is 0.565 bits per heavy atom. The number of ketones is 5. The highest BCUT2D eigenvalue weighted by Crippen LogP contribution is 2.49. The number of aliphatic hydroxyl groups excluding tert-OH is 4. The van der Waals surface area contributed by atoms with E-state index < -0.39 is 132 Å². The normalized spacial score (nSPS) is 18.1. The van der Waals surface area contributed by atoms with E-state index in [9.17, 15) is 59.7 Å². The number of aromatic hydroxyl groups is 3. The molecular weight excluding hydrogens is 600 g/mol. The molecule has 0 saturated heterocycles. The molecule has 0 atom stereocenters. The minimum atomic E-state index is -1.71. The van der Waals surface area contributed by atoms with E-state index in [2.05, 4.69) is 0 Å². The second-order valence-electron chi connectivity index (χ2n) is 12.5. The number of phenolic OH excluding ortho intramolecular Hbond substituents is 3. The molecule has 248 valence electrons. The quantitative estimate of drug-likeness (QED) is 0.121. The number of phenols is 3. The van der Waals surface area contributed by atoms with Crippen LogP contribution in [0.4, 0.5) is 0 Å². The Balaban J connectivity index is 2.40. The van der Waals surface area contributed by atoms with Gasteiger partial charge < -0.3 is 35.7 Å². The van der Waals surface area contributed by atoms with E-state index in [-0.39, 0.29) is 25.7 Å². The standard InChI is InChI=1S/C34H40O12/c1-8-11-20(37)21-25(39)14(12-16-27(41)22(18(35)9-2)31(45)33(4,5)29(16)43)24(38)15(26(21)40)13-17-28(42)23(19(36)10-3)32(46)34(6,7)30(17)44/h38-44H,8-13H2,1-7H3. The highest BCUT2D eigenvalue weighted by Gasteiger charge is 2.47. The topological polar surface area (TPSA) is 227 Å². The largest absolute Gasteiger partial charge is 0.511 e. The van der Waals surface area contributed by atoms with Crippen LogP contribution in [0, 0.1) is 10.8 Å². The maximum atomic E-state index is 13.2. The number of carbonyl (C=O) groups is 5. The molecule has 46 heavy (non-hydrogen) atoms. The van der Waals surface area contributed by atoms with E-state index in [4.69, 9.17) is 0 Å². The third-order valence-electron chi connectivity index (χ3n) is 8.67. The van der Waals surface area contributed by atoms with Crippen molar-refractivity contribution in [2.24, 2.45) is 10.8 Å². The second kappa shape index (κ2) is 12.5. The molecule has 0 aliphatic heterocycles. The molecule has 0 fully saturated rings. The fourth-order valence-corrected chi connectivity index (χ4v) is 5.67. The van der Waals surface area contributed by atoms with Gasteiger partial charge in [0.15, 0.2) is 28.9 Å². The lowest BCUT2D eigenvalue weighted by atomic mass is 9.72. The molecule has 0 radical (unpaired) electrons. The number of hydrogen-bond donors (Lipinski definition) is 7. The summed E-state index contributed by atoms with van der Waals surface area (Å²) in [4.78, 5) is 64.6. The van der Waals surface area contributed by atoms with Crippen molar-refractivity contribution in [2.45, 2.75) is 87.0 Å². The predicted octanol–water partition coefficient (Wildman–Crippen LogP) is 5.30. The molecule has 0 bridgehead atoms. The average Bonchev–Trinajstić information content (AvgIpc) is 2.99. The first-order valence-corrected chi connectivity index (χ1v) is 14.9. The van der Waals surface area contributed by atoms with Crippen molar-refractivity contribution < 1.29 is 59.7 Å². The van der Waals surface area contributed by atoms with E-state index in [1.165, 1.54) is 41.5 Å². The Hall–Kier alpha value is -4.87. The molecule has 2 aliphatic rings. The molecule has 3 rings (SSSR count). The Morgan fingerprint density at radius 3 is 1.22 bits per heavy atom. The number of allylic oxidation sites excluding steroid dienone is 6. The molecule has 0 amide bonds. The van der Waals surface area contributed by atoms with Gasteiger partial charge in [-0.15, -0.1) is 0 Å². The van der Waals surface area contributed by atoms with Crippen molar-refractivity contribution in [1.82, 2.24) is 0 Å². The lowest BCUT2D eigenvalue weighted by molar-refractivity contribution is -0.128. The summed E-state index contributed by atoms with van der Waals surface area (Å²) < 4.78 is 0. The van der Waals surface area contributed by atoms with Crippen LogP contribution in [-0.4, -0.2) is 64.7 Å². The van der Waals surface area contributed by atoms with Crippen molar-refractivity contribution in [2.75, 3.05) is 0 Å². The van der Waals surface area contributed by atoms with Crippen LogP contribution in [0.2, 0.25) is 0 Å². The van der Waals surface area contributed by atoms with Crippen molar-refractivity contribution in [1.29, 1.82) is 0 Å². The van der Waals surface area contributed by atoms with Gasteiger partial charge in [0.1, 0.15) is 57.0 Å². The summed E-state index contributed by atoms with van der Waals surface area (Å²) in [7, 11) is 0. The minimum absolute atomic E-state index is 0.165. The van der Waals surface area contributed by atoms with Crippen LogP contribution in [-0.2, 0) is 32.0 Å². The summed E-state index contributed by atoms with van der Waals surface area (Å²) in [6, 6.07) is 0. The number of benzene rings is 1. The van der Waals surface area contributed by atoms with E-state index in [1.807, 2.05) is 0 Å². The third kappa shape index (κ3) is 5.45. The van der Waals surface area contributed by atoms with Gasteiger partial charge >= 0.3 is 0 Å². The van der Waals surface area contributed by atoms with Gasteiger partial charge in [-0.05, 0) is 34.1 Å². The van der Waals surface area contributed by atoms with E-state index in [1.54, 1.807) is 6.92 Å². The number of aliphatic hydroxyl groups is 4. The Kier molecular flexibility index (Phi) is 9.67. The molecule has 1 aromatic rings. The highest BCUT2D eigenvalue weighted by molar-refractivity contribution is 6.24. The molecule has 0 aromatic heterocycles. The lowest BCUT2D eigenvalue weighted by Gasteiger charge is -2.32. The first-order valence-electron chi connectivity index (χ1n) is 14.9. The van der Waals surface area contributed by atoms with Gasteiger partial charge in [-0.3, -0.25) is 24.0 Å². The summed E-state index contributed by atoms with van der Waals surface area (Å²) >= 11 is 0. The molecule has 12 heteroatoms. The summed E-state index contributed by atoms with van der Waals surface area (Å²) in [5.74, 6) is -9.77. The van der Waals surface area contributed by atoms with Crippen LogP contribution in [0.25, 0.3) is 0 Å². The smallest absolute Gasteiger partial charge is 0.183 e. The van der Waals surface area contributed by atoms with Crippen LogP contribution in [0.5, 0.6) is 17.2 Å². The van der Waals surface area contributed by atoms with Crippen molar-refractivity contribution in [3.05, 3.63) is 62.0 Å². The number of hydrogen-bond acceptors (Lipinski definition) is 12. The molecule has 7 N–H and O–H groups in total. The van der Waals surface area contributed by atoms with Gasteiger partial charge in [-0.2, -0.15) is 0 Å². The Bertz CT molecular complexity index is 1600. The number of carbonyl (C=O) groups excluding carboxylic acids is 5. The van der Waals surface area contributed by atoms with Crippen LogP contribution in [0.1, 0.15) is 95.6 Å². The van der Waals surface area contributed by atoms with Gasteiger partial charge in [-0.25, -0.2) is 0 Å². The first kappa shape index (κ1) is 35.6. The molecule has 0 heterocycles. The monoisotopic (exact) mass is 640 g/mol. The highest BCUT2D eigenvalue weighted by atomic mass is 16.3. The predicted molar refractivity (Wildman–Crippen MR) is 165 cm³/mol. The third-order valence-corrected chi connectivity index (χ3v) is 8.67. The molecule has 1 aromatic carbocycles. The van der Waals surface area contributed by atoms with Gasteiger partial charge in [0, 0.05) is 54.4 Å².